The predicted molar refractivity (Wildman–Crippen MR) is 122 cm³/mol. The van der Waals surface area contributed by atoms with Gasteiger partial charge in [0.15, 0.2) is 5.75 Å². The molecule has 0 atom stereocenters. The first kappa shape index (κ1) is 26.6. The lowest BCUT2D eigenvalue weighted by Gasteiger charge is -2.17. The normalized spacial score (nSPS) is 10.8. The molecule has 0 spiro atoms. The van der Waals surface area contributed by atoms with Crippen molar-refractivity contribution in [2.24, 2.45) is 0 Å². The third kappa shape index (κ3) is 7.72. The summed E-state index contributed by atoms with van der Waals surface area (Å²) in [4.78, 5) is 37.6. The summed E-state index contributed by atoms with van der Waals surface area (Å²) in [5, 5.41) is 1.54. The highest BCUT2D eigenvalue weighted by Crippen LogP contribution is 2.22. The Morgan fingerprint density at radius 3 is 2.38 bits per heavy atom. The standard InChI is InChI=1S/C20H28N6O7S/c1-5-6-7-8-12-26(2)20(28)33-14-10-9-11-21-17(14)34(29,30)25-19(27)24-18-22-15(31-3)13-16(23-18)32-4/h9-11,13H,5-8,12H2,1-4H3,(H2,22,23,24,25,27). The van der Waals surface area contributed by atoms with Crippen molar-refractivity contribution in [1.29, 1.82) is 0 Å². The number of unbranched alkanes of at least 4 members (excludes halogenated alkanes) is 3. The van der Waals surface area contributed by atoms with E-state index in [0.717, 1.165) is 25.7 Å². The number of methoxy groups -OCH3 is 2. The number of pyridine rings is 1. The summed E-state index contributed by atoms with van der Waals surface area (Å²) >= 11 is 0. The Labute approximate surface area is 197 Å². The van der Waals surface area contributed by atoms with Gasteiger partial charge in [-0.05, 0) is 18.6 Å². The molecule has 0 bridgehead atoms. The van der Waals surface area contributed by atoms with Gasteiger partial charge >= 0.3 is 12.1 Å². The van der Waals surface area contributed by atoms with E-state index in [0.29, 0.717) is 6.54 Å². The first-order valence-corrected chi connectivity index (χ1v) is 11.9. The minimum Gasteiger partial charge on any atom is -0.481 e. The van der Waals surface area contributed by atoms with Gasteiger partial charge in [-0.2, -0.15) is 18.4 Å². The average molecular weight is 497 g/mol. The van der Waals surface area contributed by atoms with Crippen LogP contribution in [0.1, 0.15) is 32.6 Å². The average Bonchev–Trinajstić information content (AvgIpc) is 2.81. The topological polar surface area (TPSA) is 162 Å². The van der Waals surface area contributed by atoms with Crippen LogP contribution in [0.15, 0.2) is 29.4 Å². The molecule has 0 unspecified atom stereocenters. The molecule has 3 amide bonds. The summed E-state index contributed by atoms with van der Waals surface area (Å²) in [6, 6.07) is 2.86. The van der Waals surface area contributed by atoms with E-state index in [1.807, 2.05) is 0 Å². The smallest absolute Gasteiger partial charge is 0.415 e. The lowest BCUT2D eigenvalue weighted by Crippen LogP contribution is -2.36. The van der Waals surface area contributed by atoms with Crippen LogP contribution < -0.4 is 24.2 Å². The Morgan fingerprint density at radius 1 is 1.09 bits per heavy atom. The Hall–Kier alpha value is -3.68. The molecule has 0 saturated heterocycles. The highest BCUT2D eigenvalue weighted by molar-refractivity contribution is 7.90. The van der Waals surface area contributed by atoms with Crippen molar-refractivity contribution < 1.29 is 32.2 Å². The van der Waals surface area contributed by atoms with Crippen LogP contribution in [0.5, 0.6) is 17.5 Å². The summed E-state index contributed by atoms with van der Waals surface area (Å²) in [6.45, 7) is 2.53. The summed E-state index contributed by atoms with van der Waals surface area (Å²) in [6.07, 6.45) is 4.30. The van der Waals surface area contributed by atoms with Gasteiger partial charge in [-0.25, -0.2) is 19.3 Å². The number of nitrogens with one attached hydrogen (secondary N) is 2. The fourth-order valence-corrected chi connectivity index (χ4v) is 3.63. The van der Waals surface area contributed by atoms with Crippen LogP contribution in [0, 0.1) is 0 Å². The van der Waals surface area contributed by atoms with E-state index in [1.54, 1.807) is 11.8 Å². The highest BCUT2D eigenvalue weighted by Gasteiger charge is 2.26. The van der Waals surface area contributed by atoms with Gasteiger partial charge in [0, 0.05) is 19.8 Å². The maximum absolute atomic E-state index is 12.8. The van der Waals surface area contributed by atoms with Crippen LogP contribution in [0.3, 0.4) is 0 Å². The van der Waals surface area contributed by atoms with Crippen LogP contribution in [-0.2, 0) is 10.0 Å². The summed E-state index contributed by atoms with van der Waals surface area (Å²) < 4.78 is 42.5. The minimum absolute atomic E-state index is 0.0859. The molecule has 34 heavy (non-hydrogen) atoms. The van der Waals surface area contributed by atoms with Gasteiger partial charge in [-0.3, -0.25) is 5.32 Å². The molecule has 2 heterocycles. The van der Waals surface area contributed by atoms with Crippen molar-refractivity contribution >= 4 is 28.1 Å². The molecule has 0 aromatic carbocycles. The number of amides is 3. The summed E-state index contributed by atoms with van der Waals surface area (Å²) in [5.41, 5.74) is 0. The number of hydrogen-bond acceptors (Lipinski definition) is 10. The molecule has 2 N–H and O–H groups in total. The maximum Gasteiger partial charge on any atom is 0.415 e. The lowest BCUT2D eigenvalue weighted by atomic mass is 10.2. The van der Waals surface area contributed by atoms with Crippen molar-refractivity contribution in [3.63, 3.8) is 0 Å². The summed E-state index contributed by atoms with van der Waals surface area (Å²) in [7, 11) is -0.276. The molecular formula is C20H28N6O7S. The fraction of sp³-hybridized carbons (Fsp3) is 0.450. The molecule has 0 aliphatic rings. The first-order valence-electron chi connectivity index (χ1n) is 10.4. The largest absolute Gasteiger partial charge is 0.481 e. The molecule has 2 rings (SSSR count). The van der Waals surface area contributed by atoms with E-state index in [1.165, 1.54) is 43.5 Å². The fourth-order valence-electron chi connectivity index (χ4n) is 2.66. The van der Waals surface area contributed by atoms with Crippen molar-refractivity contribution in [3.8, 4) is 17.5 Å². The highest BCUT2D eigenvalue weighted by atomic mass is 32.2. The summed E-state index contributed by atoms with van der Waals surface area (Å²) in [5.74, 6) is -0.417. The van der Waals surface area contributed by atoms with Gasteiger partial charge < -0.3 is 19.1 Å². The van der Waals surface area contributed by atoms with Gasteiger partial charge in [0.05, 0.1) is 20.3 Å². The SMILES string of the molecule is CCCCCCN(C)C(=O)Oc1cccnc1S(=O)(=O)NC(=O)Nc1nc(OC)cc(OC)n1. The number of sulfonamides is 1. The number of hydrogen-bond donors (Lipinski definition) is 2. The zero-order valence-electron chi connectivity index (χ0n) is 19.4. The zero-order valence-corrected chi connectivity index (χ0v) is 20.2. The number of nitrogens with zero attached hydrogens (tertiary/aromatic N) is 4. The van der Waals surface area contributed by atoms with E-state index in [4.69, 9.17) is 14.2 Å². The number of anilines is 1. The molecule has 0 fully saturated rings. The predicted octanol–water partition coefficient (Wildman–Crippen LogP) is 2.41. The van der Waals surface area contributed by atoms with Crippen molar-refractivity contribution in [2.75, 3.05) is 33.1 Å². The van der Waals surface area contributed by atoms with E-state index in [2.05, 4.69) is 27.2 Å². The number of urea groups is 1. The van der Waals surface area contributed by atoms with E-state index >= 15 is 0 Å². The maximum atomic E-state index is 12.8. The van der Waals surface area contributed by atoms with Gasteiger partial charge in [0.1, 0.15) is 0 Å². The van der Waals surface area contributed by atoms with Crippen molar-refractivity contribution in [2.45, 2.75) is 37.6 Å². The minimum atomic E-state index is -4.52. The van der Waals surface area contributed by atoms with Crippen LogP contribution in [0.2, 0.25) is 0 Å². The quantitative estimate of drug-likeness (QED) is 0.442. The van der Waals surface area contributed by atoms with Crippen molar-refractivity contribution in [3.05, 3.63) is 24.4 Å². The lowest BCUT2D eigenvalue weighted by molar-refractivity contribution is 0.160. The number of rotatable bonds is 11. The van der Waals surface area contributed by atoms with E-state index in [-0.39, 0.29) is 23.5 Å². The second kappa shape index (κ2) is 12.5. The first-order chi connectivity index (χ1) is 16.2. The molecule has 186 valence electrons. The third-order valence-electron chi connectivity index (χ3n) is 4.40. The van der Waals surface area contributed by atoms with Gasteiger partial charge in [0.2, 0.25) is 22.7 Å². The molecule has 13 nitrogen and oxygen atoms in total. The Kier molecular flexibility index (Phi) is 9.79. The van der Waals surface area contributed by atoms with Crippen LogP contribution in [-0.4, -0.2) is 68.2 Å². The van der Waals surface area contributed by atoms with Crippen LogP contribution in [0.25, 0.3) is 0 Å². The molecule has 2 aromatic rings. The molecule has 0 saturated carbocycles. The van der Waals surface area contributed by atoms with Gasteiger partial charge in [0.25, 0.3) is 10.0 Å². The number of aromatic nitrogens is 3. The molecule has 2 aromatic heterocycles. The number of carbonyl (C=O) groups excluding carboxylic acids is 2. The van der Waals surface area contributed by atoms with Crippen molar-refractivity contribution in [1.82, 2.24) is 24.6 Å². The zero-order chi connectivity index (χ0) is 25.1. The molecule has 0 aliphatic carbocycles. The molecule has 0 aliphatic heterocycles. The third-order valence-corrected chi connectivity index (χ3v) is 5.67. The van der Waals surface area contributed by atoms with Gasteiger partial charge in [-0.1, -0.05) is 26.2 Å². The molecule has 14 heteroatoms. The van der Waals surface area contributed by atoms with Gasteiger partial charge in [-0.15, -0.1) is 0 Å². The Morgan fingerprint density at radius 2 is 1.76 bits per heavy atom. The second-order valence-corrected chi connectivity index (χ2v) is 8.59. The number of ether oxygens (including phenoxy) is 3. The molecule has 0 radical (unpaired) electrons. The van der Waals surface area contributed by atoms with Crippen LogP contribution in [0.4, 0.5) is 15.5 Å². The van der Waals surface area contributed by atoms with E-state index < -0.39 is 27.2 Å². The van der Waals surface area contributed by atoms with Crippen LogP contribution >= 0.6 is 0 Å². The Bertz CT molecular complexity index is 1070. The monoisotopic (exact) mass is 496 g/mol. The van der Waals surface area contributed by atoms with E-state index in [9.17, 15) is 18.0 Å². The second-order valence-electron chi connectivity index (χ2n) is 6.99. The Balaban J connectivity index is 2.10. The number of carbonyl (C=O) groups is 2. The molecular weight excluding hydrogens is 468 g/mol.